The summed E-state index contributed by atoms with van der Waals surface area (Å²) in [7, 11) is 0. The Morgan fingerprint density at radius 3 is 2.28 bits per heavy atom. The quantitative estimate of drug-likeness (QED) is 0.426. The minimum atomic E-state index is -0.696. The monoisotopic (exact) mass is 488 g/mol. The van der Waals surface area contributed by atoms with E-state index < -0.39 is 6.04 Å². The standard InChI is InChI=1S/C30H33FN2O3/c1-22-11-13-24(14-12-22)20-33(29(34)21-36-27-17-15-25(31)16-18-27)28(19-23-7-3-2-4-8-23)30(35)32-26-9-5-6-10-26/h2-4,7-8,11-18,26,28H,5-6,9-10,19-21H2,1H3,(H,32,35). The highest BCUT2D eigenvalue weighted by Crippen LogP contribution is 2.20. The number of halogens is 1. The maximum Gasteiger partial charge on any atom is 0.261 e. The van der Waals surface area contributed by atoms with E-state index in [1.165, 1.54) is 24.3 Å². The van der Waals surface area contributed by atoms with E-state index in [1.807, 2.05) is 61.5 Å². The van der Waals surface area contributed by atoms with Gasteiger partial charge in [0, 0.05) is 19.0 Å². The highest BCUT2D eigenvalue weighted by Gasteiger charge is 2.32. The lowest BCUT2D eigenvalue weighted by Crippen LogP contribution is -2.53. The topological polar surface area (TPSA) is 58.6 Å². The Hall–Kier alpha value is -3.67. The zero-order valence-corrected chi connectivity index (χ0v) is 20.7. The first kappa shape index (κ1) is 25.4. The highest BCUT2D eigenvalue weighted by atomic mass is 19.1. The summed E-state index contributed by atoms with van der Waals surface area (Å²) >= 11 is 0. The van der Waals surface area contributed by atoms with Gasteiger partial charge in [0.15, 0.2) is 6.61 Å². The molecule has 188 valence electrons. The van der Waals surface area contributed by atoms with E-state index in [0.717, 1.165) is 42.4 Å². The van der Waals surface area contributed by atoms with Crippen molar-refractivity contribution in [2.24, 2.45) is 0 Å². The number of carbonyl (C=O) groups is 2. The summed E-state index contributed by atoms with van der Waals surface area (Å²) in [5.74, 6) is -0.424. The molecule has 0 saturated heterocycles. The third-order valence-electron chi connectivity index (χ3n) is 6.62. The molecule has 5 nitrogen and oxygen atoms in total. The van der Waals surface area contributed by atoms with Gasteiger partial charge in [0.25, 0.3) is 5.91 Å². The van der Waals surface area contributed by atoms with Crippen LogP contribution in [-0.4, -0.2) is 35.4 Å². The molecule has 1 saturated carbocycles. The Morgan fingerprint density at radius 1 is 0.944 bits per heavy atom. The summed E-state index contributed by atoms with van der Waals surface area (Å²) in [6.07, 6.45) is 4.53. The predicted molar refractivity (Wildman–Crippen MR) is 138 cm³/mol. The first-order valence-electron chi connectivity index (χ1n) is 12.6. The van der Waals surface area contributed by atoms with E-state index in [1.54, 1.807) is 4.90 Å². The summed E-state index contributed by atoms with van der Waals surface area (Å²) in [6, 6.07) is 22.7. The molecule has 1 N–H and O–H groups in total. The Kier molecular flexibility index (Phi) is 8.71. The van der Waals surface area contributed by atoms with E-state index in [2.05, 4.69) is 5.32 Å². The van der Waals surface area contributed by atoms with Crippen LogP contribution in [0.2, 0.25) is 0 Å². The number of nitrogens with zero attached hydrogens (tertiary/aromatic N) is 1. The van der Waals surface area contributed by atoms with Crippen LogP contribution >= 0.6 is 0 Å². The maximum atomic E-state index is 13.6. The van der Waals surface area contributed by atoms with Gasteiger partial charge in [-0.1, -0.05) is 73.0 Å². The zero-order valence-electron chi connectivity index (χ0n) is 20.7. The van der Waals surface area contributed by atoms with Gasteiger partial charge in [-0.15, -0.1) is 0 Å². The number of hydrogen-bond donors (Lipinski definition) is 1. The van der Waals surface area contributed by atoms with E-state index >= 15 is 0 Å². The number of rotatable bonds is 10. The van der Waals surface area contributed by atoms with Crippen LogP contribution in [0.5, 0.6) is 5.75 Å². The lowest BCUT2D eigenvalue weighted by atomic mass is 10.0. The summed E-state index contributed by atoms with van der Waals surface area (Å²) in [5.41, 5.74) is 3.03. The molecule has 3 aromatic rings. The summed E-state index contributed by atoms with van der Waals surface area (Å²) in [5, 5.41) is 3.19. The van der Waals surface area contributed by atoms with Crippen molar-refractivity contribution in [2.45, 2.75) is 57.7 Å². The molecule has 0 bridgehead atoms. The minimum absolute atomic E-state index is 0.141. The van der Waals surface area contributed by atoms with Crippen molar-refractivity contribution >= 4 is 11.8 Å². The van der Waals surface area contributed by atoms with Crippen molar-refractivity contribution in [1.29, 1.82) is 0 Å². The molecule has 0 radical (unpaired) electrons. The SMILES string of the molecule is Cc1ccc(CN(C(=O)COc2ccc(F)cc2)C(Cc2ccccc2)C(=O)NC2CCCC2)cc1. The lowest BCUT2D eigenvalue weighted by molar-refractivity contribution is -0.143. The molecule has 0 heterocycles. The van der Waals surface area contributed by atoms with Gasteiger partial charge in [0.1, 0.15) is 17.6 Å². The average molecular weight is 489 g/mol. The third kappa shape index (κ3) is 7.17. The number of ether oxygens (including phenoxy) is 1. The largest absolute Gasteiger partial charge is 0.484 e. The van der Waals surface area contributed by atoms with Crippen LogP contribution in [0.1, 0.15) is 42.4 Å². The van der Waals surface area contributed by atoms with E-state index in [-0.39, 0.29) is 36.8 Å². The lowest BCUT2D eigenvalue weighted by Gasteiger charge is -2.32. The summed E-state index contributed by atoms with van der Waals surface area (Å²) in [4.78, 5) is 28.8. The number of aryl methyl sites for hydroxylation is 1. The molecule has 1 aliphatic rings. The van der Waals surface area contributed by atoms with Crippen molar-refractivity contribution in [1.82, 2.24) is 10.2 Å². The number of hydrogen-bond acceptors (Lipinski definition) is 3. The Labute approximate surface area is 212 Å². The molecule has 0 aromatic heterocycles. The molecule has 4 rings (SSSR count). The van der Waals surface area contributed by atoms with Crippen LogP contribution in [0.4, 0.5) is 4.39 Å². The maximum absolute atomic E-state index is 13.6. The van der Waals surface area contributed by atoms with Crippen LogP contribution in [-0.2, 0) is 22.6 Å². The Balaban J connectivity index is 1.59. The minimum Gasteiger partial charge on any atom is -0.484 e. The van der Waals surface area contributed by atoms with Gasteiger partial charge in [0.2, 0.25) is 5.91 Å². The van der Waals surface area contributed by atoms with E-state index in [0.29, 0.717) is 12.2 Å². The van der Waals surface area contributed by atoms with Crippen LogP contribution < -0.4 is 10.1 Å². The van der Waals surface area contributed by atoms with Gasteiger partial charge in [0.05, 0.1) is 0 Å². The van der Waals surface area contributed by atoms with Gasteiger partial charge in [-0.25, -0.2) is 4.39 Å². The Morgan fingerprint density at radius 2 is 1.61 bits per heavy atom. The molecule has 3 aromatic carbocycles. The van der Waals surface area contributed by atoms with Crippen LogP contribution in [0.15, 0.2) is 78.9 Å². The van der Waals surface area contributed by atoms with Crippen molar-refractivity contribution in [2.75, 3.05) is 6.61 Å². The first-order chi connectivity index (χ1) is 17.5. The second-order valence-corrected chi connectivity index (χ2v) is 9.45. The zero-order chi connectivity index (χ0) is 25.3. The molecular formula is C30H33FN2O3. The highest BCUT2D eigenvalue weighted by molar-refractivity contribution is 5.88. The molecule has 36 heavy (non-hydrogen) atoms. The van der Waals surface area contributed by atoms with Gasteiger partial charge in [-0.2, -0.15) is 0 Å². The van der Waals surface area contributed by atoms with E-state index in [4.69, 9.17) is 4.74 Å². The van der Waals surface area contributed by atoms with Crippen molar-refractivity contribution < 1.29 is 18.7 Å². The fourth-order valence-electron chi connectivity index (χ4n) is 4.57. The number of benzene rings is 3. The molecule has 1 fully saturated rings. The molecule has 0 aliphatic heterocycles. The molecule has 0 spiro atoms. The molecule has 1 aliphatic carbocycles. The smallest absolute Gasteiger partial charge is 0.261 e. The molecule has 1 unspecified atom stereocenters. The molecular weight excluding hydrogens is 455 g/mol. The van der Waals surface area contributed by atoms with Crippen molar-refractivity contribution in [3.8, 4) is 5.75 Å². The Bertz CT molecular complexity index is 1130. The fourth-order valence-corrected chi connectivity index (χ4v) is 4.57. The second-order valence-electron chi connectivity index (χ2n) is 9.45. The predicted octanol–water partition coefficient (Wildman–Crippen LogP) is 5.21. The van der Waals surface area contributed by atoms with Gasteiger partial charge >= 0.3 is 0 Å². The van der Waals surface area contributed by atoms with Crippen molar-refractivity contribution in [3.63, 3.8) is 0 Å². The van der Waals surface area contributed by atoms with Crippen LogP contribution in [0.25, 0.3) is 0 Å². The number of amides is 2. The first-order valence-corrected chi connectivity index (χ1v) is 12.6. The average Bonchev–Trinajstić information content (AvgIpc) is 3.40. The summed E-state index contributed by atoms with van der Waals surface area (Å²) < 4.78 is 19.0. The van der Waals surface area contributed by atoms with Crippen LogP contribution in [0, 0.1) is 12.7 Å². The van der Waals surface area contributed by atoms with Gasteiger partial charge in [-0.05, 0) is 55.2 Å². The second kappa shape index (κ2) is 12.3. The number of carbonyl (C=O) groups excluding carboxylic acids is 2. The molecule has 6 heteroatoms. The molecule has 2 amide bonds. The molecule has 1 atom stereocenters. The third-order valence-corrected chi connectivity index (χ3v) is 6.62. The number of nitrogens with one attached hydrogen (secondary N) is 1. The summed E-state index contributed by atoms with van der Waals surface area (Å²) in [6.45, 7) is 2.04. The normalized spacial score (nSPS) is 14.3. The fraction of sp³-hybridized carbons (Fsp3) is 0.333. The van der Waals surface area contributed by atoms with E-state index in [9.17, 15) is 14.0 Å². The van der Waals surface area contributed by atoms with Gasteiger partial charge in [-0.3, -0.25) is 9.59 Å². The van der Waals surface area contributed by atoms with Crippen LogP contribution in [0.3, 0.4) is 0 Å². The van der Waals surface area contributed by atoms with Gasteiger partial charge < -0.3 is 15.0 Å². The van der Waals surface area contributed by atoms with Crippen molar-refractivity contribution in [3.05, 3.63) is 101 Å².